The lowest BCUT2D eigenvalue weighted by Gasteiger charge is -2.46. The van der Waals surface area contributed by atoms with E-state index >= 15 is 0 Å². The van der Waals surface area contributed by atoms with E-state index in [0.29, 0.717) is 23.8 Å². The normalized spacial score (nSPS) is 19.2. The van der Waals surface area contributed by atoms with Crippen LogP contribution in [0.3, 0.4) is 0 Å². The number of anilines is 5. The molecule has 2 fully saturated rings. The highest BCUT2D eigenvalue weighted by Gasteiger charge is 2.35. The summed E-state index contributed by atoms with van der Waals surface area (Å²) in [6.45, 7) is 11.3. The lowest BCUT2D eigenvalue weighted by atomic mass is 9.84. The number of aromatic nitrogens is 4. The van der Waals surface area contributed by atoms with Crippen molar-refractivity contribution in [3.63, 3.8) is 0 Å². The second-order valence-corrected chi connectivity index (χ2v) is 14.9. The molecule has 1 saturated heterocycles. The van der Waals surface area contributed by atoms with Crippen LogP contribution in [0.4, 0.5) is 28.8 Å². The van der Waals surface area contributed by atoms with Crippen LogP contribution in [0.1, 0.15) is 25.3 Å². The van der Waals surface area contributed by atoms with Gasteiger partial charge in [-0.2, -0.15) is 4.98 Å². The third-order valence-electron chi connectivity index (χ3n) is 8.64. The summed E-state index contributed by atoms with van der Waals surface area (Å²) in [6.07, 6.45) is 8.49. The van der Waals surface area contributed by atoms with Crippen molar-refractivity contribution in [1.29, 1.82) is 0 Å². The summed E-state index contributed by atoms with van der Waals surface area (Å²) in [5.74, 6) is 1.89. The summed E-state index contributed by atoms with van der Waals surface area (Å²) >= 11 is 3.64. The summed E-state index contributed by atoms with van der Waals surface area (Å²) in [4.78, 5) is 23.6. The summed E-state index contributed by atoms with van der Waals surface area (Å²) in [5.41, 5.74) is 5.97. The van der Waals surface area contributed by atoms with E-state index < -0.39 is 7.92 Å². The van der Waals surface area contributed by atoms with Crippen LogP contribution in [-0.2, 0) is 6.42 Å². The number of halogens is 1. The van der Waals surface area contributed by atoms with Crippen molar-refractivity contribution in [3.8, 4) is 5.75 Å². The maximum absolute atomic E-state index is 5.84. The Bertz CT molecular complexity index is 1620. The lowest BCUT2D eigenvalue weighted by Crippen LogP contribution is -2.55. The Morgan fingerprint density at radius 2 is 1.75 bits per heavy atom. The van der Waals surface area contributed by atoms with E-state index in [-0.39, 0.29) is 0 Å². The fourth-order valence-corrected chi connectivity index (χ4v) is 7.57. The maximum atomic E-state index is 5.84. The number of fused-ring (bicyclic) bond motifs is 1. The monoisotopic (exact) mass is 677 g/mol. The van der Waals surface area contributed by atoms with Gasteiger partial charge in [0.05, 0.1) is 28.3 Å². The lowest BCUT2D eigenvalue weighted by molar-refractivity contribution is 0.0657. The fourth-order valence-electron chi connectivity index (χ4n) is 6.07. The molecule has 0 atom stereocenters. The smallest absolute Gasteiger partial charge is 0.229 e. The minimum Gasteiger partial charge on any atom is -0.494 e. The number of benzene rings is 2. The number of aryl methyl sites for hydroxylation is 1. The molecule has 44 heavy (non-hydrogen) atoms. The molecule has 3 heterocycles. The SMILES string of the molecule is CCc1cc(Nc2ncc(Br)c(Nc3ccc4nccnc4c3P(C)C)n2)c(OC)cc1N[C@H]1C[C@@H](N2CCN(C)CC2)C1. The Labute approximate surface area is 269 Å². The highest BCUT2D eigenvalue weighted by Crippen LogP contribution is 2.38. The molecule has 12 heteroatoms. The van der Waals surface area contributed by atoms with Gasteiger partial charge in [-0.05, 0) is 79.3 Å². The van der Waals surface area contributed by atoms with Crippen LogP contribution in [-0.4, -0.2) is 95.5 Å². The minimum absolute atomic E-state index is 0.462. The second kappa shape index (κ2) is 13.5. The van der Waals surface area contributed by atoms with Gasteiger partial charge in [0.2, 0.25) is 5.95 Å². The first-order chi connectivity index (χ1) is 21.3. The predicted molar refractivity (Wildman–Crippen MR) is 186 cm³/mol. The average Bonchev–Trinajstić information content (AvgIpc) is 3.00. The molecule has 3 N–H and O–H groups in total. The third kappa shape index (κ3) is 6.61. The number of rotatable bonds is 10. The average molecular weight is 679 g/mol. The fraction of sp³-hybridized carbons (Fsp3) is 0.438. The number of likely N-dealkylation sites (N-methyl/N-ethyl adjacent to an activating group) is 1. The van der Waals surface area contributed by atoms with Gasteiger partial charge >= 0.3 is 0 Å². The Balaban J connectivity index is 1.19. The Hall–Kier alpha value is -3.11. The zero-order valence-corrected chi connectivity index (χ0v) is 28.5. The third-order valence-corrected chi connectivity index (χ3v) is 10.6. The van der Waals surface area contributed by atoms with Gasteiger partial charge in [-0.1, -0.05) is 14.8 Å². The van der Waals surface area contributed by atoms with Crippen molar-refractivity contribution < 1.29 is 4.74 Å². The van der Waals surface area contributed by atoms with Crippen molar-refractivity contribution in [2.45, 2.75) is 38.3 Å². The summed E-state index contributed by atoms with van der Waals surface area (Å²) < 4.78 is 6.61. The van der Waals surface area contributed by atoms with E-state index in [9.17, 15) is 0 Å². The van der Waals surface area contributed by atoms with Gasteiger partial charge in [0.25, 0.3) is 0 Å². The molecule has 1 aliphatic carbocycles. The maximum Gasteiger partial charge on any atom is 0.229 e. The summed E-state index contributed by atoms with van der Waals surface area (Å²) in [5, 5.41) is 11.9. The Kier molecular flexibility index (Phi) is 9.47. The van der Waals surface area contributed by atoms with Crippen molar-refractivity contribution in [2.24, 2.45) is 0 Å². The van der Waals surface area contributed by atoms with Gasteiger partial charge in [-0.3, -0.25) is 14.9 Å². The van der Waals surface area contributed by atoms with Gasteiger partial charge in [0.1, 0.15) is 11.6 Å². The van der Waals surface area contributed by atoms with Gasteiger partial charge in [0, 0.05) is 79.6 Å². The molecule has 2 aromatic carbocycles. The van der Waals surface area contributed by atoms with Crippen molar-refractivity contribution in [3.05, 3.63) is 52.9 Å². The molecule has 0 bridgehead atoms. The van der Waals surface area contributed by atoms with Crippen LogP contribution >= 0.6 is 23.9 Å². The second-order valence-electron chi connectivity index (χ2n) is 11.8. The summed E-state index contributed by atoms with van der Waals surface area (Å²) in [7, 11) is 3.45. The number of nitrogens with one attached hydrogen (secondary N) is 3. The molecule has 2 aliphatic rings. The van der Waals surface area contributed by atoms with Crippen LogP contribution in [0.15, 0.2) is 47.3 Å². The molecular formula is C32H41BrN9OP. The zero-order valence-electron chi connectivity index (χ0n) is 26.1. The molecule has 0 spiro atoms. The van der Waals surface area contributed by atoms with Crippen LogP contribution in [0.5, 0.6) is 5.75 Å². The first-order valence-electron chi connectivity index (χ1n) is 15.2. The number of piperazine rings is 1. The number of hydrogen-bond donors (Lipinski definition) is 3. The van der Waals surface area contributed by atoms with Crippen molar-refractivity contribution in [2.75, 3.05) is 69.6 Å². The molecular weight excluding hydrogens is 637 g/mol. The van der Waals surface area contributed by atoms with Crippen LogP contribution in [0.25, 0.3) is 11.0 Å². The molecule has 2 aromatic heterocycles. The quantitative estimate of drug-likeness (QED) is 0.179. The van der Waals surface area contributed by atoms with E-state index in [4.69, 9.17) is 9.72 Å². The van der Waals surface area contributed by atoms with Gasteiger partial charge in [-0.15, -0.1) is 0 Å². The minimum atomic E-state index is -0.462. The van der Waals surface area contributed by atoms with E-state index in [1.54, 1.807) is 25.7 Å². The zero-order chi connectivity index (χ0) is 30.8. The van der Waals surface area contributed by atoms with Crippen LogP contribution < -0.4 is 26.0 Å². The molecule has 6 rings (SSSR count). The van der Waals surface area contributed by atoms with Crippen LogP contribution in [0.2, 0.25) is 0 Å². The molecule has 10 nitrogen and oxygen atoms in total. The van der Waals surface area contributed by atoms with E-state index in [1.807, 2.05) is 12.1 Å². The van der Waals surface area contributed by atoms with Crippen LogP contribution in [0, 0.1) is 0 Å². The van der Waals surface area contributed by atoms with E-state index in [0.717, 1.165) is 63.1 Å². The first-order valence-corrected chi connectivity index (χ1v) is 18.2. The predicted octanol–water partition coefficient (Wildman–Crippen LogP) is 5.80. The Morgan fingerprint density at radius 3 is 2.48 bits per heavy atom. The Morgan fingerprint density at radius 1 is 0.977 bits per heavy atom. The number of hydrogen-bond acceptors (Lipinski definition) is 10. The molecule has 1 saturated carbocycles. The molecule has 1 aliphatic heterocycles. The first kappa shape index (κ1) is 30.9. The van der Waals surface area contributed by atoms with Gasteiger partial charge in [0.15, 0.2) is 0 Å². The molecule has 4 aromatic rings. The standard InChI is InChI=1S/C32H41BrN9OP/c1-6-20-15-27(28(43-3)18-26(20)37-21-16-22(17-21)42-13-11-41(2)12-14-42)39-32-36-19-23(33)31(40-32)38-25-8-7-24-29(30(25)44(4)5)35-10-9-34-24/h7-10,15,18-19,21-22,37H,6,11-14,16-17H2,1-5H3,(H2,36,38,39,40)/t21-,22+. The van der Waals surface area contributed by atoms with Crippen molar-refractivity contribution >= 4 is 69.0 Å². The number of ether oxygens (including phenoxy) is 1. The molecule has 232 valence electrons. The summed E-state index contributed by atoms with van der Waals surface area (Å²) in [6, 6.07) is 9.47. The molecule has 0 unspecified atom stereocenters. The van der Waals surface area contributed by atoms with Gasteiger partial charge < -0.3 is 25.6 Å². The highest BCUT2D eigenvalue weighted by molar-refractivity contribution is 9.10. The number of methoxy groups -OCH3 is 1. The topological polar surface area (TPSA) is 103 Å². The largest absolute Gasteiger partial charge is 0.494 e. The van der Waals surface area contributed by atoms with Gasteiger partial charge in [-0.25, -0.2) is 4.98 Å². The molecule has 0 amide bonds. The van der Waals surface area contributed by atoms with E-state index in [2.05, 4.69) is 96.1 Å². The highest BCUT2D eigenvalue weighted by atomic mass is 79.9. The van der Waals surface area contributed by atoms with E-state index in [1.165, 1.54) is 31.5 Å². The van der Waals surface area contributed by atoms with Crippen molar-refractivity contribution in [1.82, 2.24) is 29.7 Å². The molecule has 0 radical (unpaired) electrons. The number of nitrogens with zero attached hydrogens (tertiary/aromatic N) is 6.